The maximum absolute atomic E-state index is 13.5. The number of ketones is 1. The van der Waals surface area contributed by atoms with Crippen molar-refractivity contribution in [1.29, 1.82) is 0 Å². The van der Waals surface area contributed by atoms with Crippen LogP contribution < -0.4 is 50.3 Å². The first-order chi connectivity index (χ1) is 38.1. The molecule has 1 aliphatic rings. The van der Waals surface area contributed by atoms with Gasteiger partial charge in [-0.05, 0) is 49.7 Å². The van der Waals surface area contributed by atoms with E-state index >= 15 is 0 Å². The van der Waals surface area contributed by atoms with E-state index in [9.17, 15) is 52.7 Å². The molecule has 5 N–H and O–H groups in total. The van der Waals surface area contributed by atoms with Crippen molar-refractivity contribution in [3.8, 4) is 28.7 Å². The van der Waals surface area contributed by atoms with E-state index in [0.29, 0.717) is 70.0 Å². The van der Waals surface area contributed by atoms with Crippen molar-refractivity contribution in [1.82, 2.24) is 46.2 Å². The Bertz CT molecular complexity index is 2750. The van der Waals surface area contributed by atoms with Crippen LogP contribution >= 0.6 is 0 Å². The summed E-state index contributed by atoms with van der Waals surface area (Å²) >= 11 is 0. The fraction of sp³-hybridized carbons (Fsp3) is 0.464. The molecule has 1 saturated heterocycles. The number of rotatable bonds is 25. The van der Waals surface area contributed by atoms with Gasteiger partial charge in [0.1, 0.15) is 5.75 Å². The van der Waals surface area contributed by atoms with Gasteiger partial charge in [-0.1, -0.05) is 25.6 Å². The number of nitrogens with one attached hydrogen (secondary N) is 5. The van der Waals surface area contributed by atoms with Gasteiger partial charge in [-0.25, -0.2) is 0 Å². The fourth-order valence-corrected chi connectivity index (χ4v) is 8.14. The number of benzene rings is 3. The fourth-order valence-electron chi connectivity index (χ4n) is 8.14. The Labute approximate surface area is 646 Å². The molecule has 0 aromatic heterocycles. The third-order valence-corrected chi connectivity index (χ3v) is 12.0. The summed E-state index contributed by atoms with van der Waals surface area (Å²) in [5.41, 5.74) is 0.778. The van der Waals surface area contributed by atoms with Crippen molar-refractivity contribution in [2.24, 2.45) is 0 Å². The van der Waals surface area contributed by atoms with E-state index < -0.39 is 47.4 Å². The van der Waals surface area contributed by atoms with Crippen LogP contribution in [0.3, 0.4) is 0 Å². The van der Waals surface area contributed by atoms with Gasteiger partial charge in [0.2, 0.25) is 17.7 Å². The molecule has 5 radical (unpaired) electrons. The molecule has 0 bridgehead atoms. The summed E-state index contributed by atoms with van der Waals surface area (Å²) in [5.74, 6) is -6.13. The van der Waals surface area contributed by atoms with E-state index in [0.717, 1.165) is 20.8 Å². The third-order valence-electron chi connectivity index (χ3n) is 12.0. The molecule has 3 aromatic rings. The second-order valence-electron chi connectivity index (χ2n) is 18.4. The van der Waals surface area contributed by atoms with Gasteiger partial charge in [-0.2, -0.15) is 0 Å². The number of carbonyl (C=O) groups is 11. The molecule has 0 unspecified atom stereocenters. The molecule has 1 heterocycles. The number of nitrogens with zero attached hydrogens (tertiary/aromatic N) is 4. The van der Waals surface area contributed by atoms with Crippen molar-refractivity contribution >= 4 is 117 Å². The molecule has 4 rings (SSSR count). The molecular formula is C56H76KN9O16Y4-. The zero-order valence-electron chi connectivity index (χ0n) is 49.5. The van der Waals surface area contributed by atoms with Crippen LogP contribution in [0.15, 0.2) is 54.6 Å². The Balaban J connectivity index is -0.0000115. The Morgan fingerprint density at radius 3 is 1.14 bits per heavy atom. The van der Waals surface area contributed by atoms with E-state index in [2.05, 4.69) is 38.4 Å². The standard InChI is InChI=1S/C55H72N9O16.CH4.K.4Y/c1-8-61-25-27-62(33-49(71)56-20-12-16-45(70)43-14-10-18-47(77-38(4)66)52(43)79-40(6)68)29-31-64(35-51(73)58-22-24-60-55(75)44-15-11-19-48(78-39(5)67)53(44)80-41(7)69)32-30-63(28-26-61)34-50(72)57-21-23-59-54(74)42-13-9-17-46(36(42)2)76-37(3)65;;;;;;/h9-11,13-15,17-19H,1,8,12,16,20-35H2,2-7H3,(H,56,71)(H,57,72)(H,58,73)(H,59,74)(H,60,75);1H4;;;;;/q-1;;;;;;. The summed E-state index contributed by atoms with van der Waals surface area (Å²) in [6, 6.07) is 13.4. The number of Topliss-reactive ketones (excluding diaryl/α,β-unsaturated/α-hetero) is 1. The number of hydrogen-bond acceptors (Lipinski definition) is 20. The molecule has 30 heteroatoms. The van der Waals surface area contributed by atoms with Crippen LogP contribution in [0.4, 0.5) is 0 Å². The van der Waals surface area contributed by atoms with Crippen LogP contribution in [-0.4, -0.2) is 247 Å². The minimum Gasteiger partial charge on any atom is -0.426 e. The molecule has 0 aliphatic carbocycles. The molecule has 0 spiro atoms. The van der Waals surface area contributed by atoms with Gasteiger partial charge in [0.25, 0.3) is 11.8 Å². The van der Waals surface area contributed by atoms with Crippen LogP contribution in [0.25, 0.3) is 0 Å². The second kappa shape index (κ2) is 47.8. The van der Waals surface area contributed by atoms with E-state index in [-0.39, 0.29) is 312 Å². The van der Waals surface area contributed by atoms with Crippen molar-refractivity contribution in [2.75, 3.05) is 111 Å². The molecule has 3 aromatic carbocycles. The number of carbonyl (C=O) groups excluding carboxylic acids is 11. The van der Waals surface area contributed by atoms with Crippen LogP contribution in [0.5, 0.6) is 28.7 Å². The molecule has 455 valence electrons. The average Bonchev–Trinajstić information content (AvgIpc) is 2.81. The normalized spacial score (nSPS) is 12.7. The number of amides is 5. The minimum atomic E-state index is -0.746. The monoisotopic (exact) mass is 1530 g/mol. The minimum absolute atomic E-state index is 0. The Hall–Kier alpha value is -2.08. The van der Waals surface area contributed by atoms with Crippen molar-refractivity contribution in [3.63, 3.8) is 0 Å². The van der Waals surface area contributed by atoms with Gasteiger partial charge in [-0.3, -0.25) is 67.4 Å². The van der Waals surface area contributed by atoms with E-state index in [4.69, 9.17) is 23.7 Å². The van der Waals surface area contributed by atoms with Crippen LogP contribution in [0.2, 0.25) is 0 Å². The zero-order chi connectivity index (χ0) is 58.7. The Morgan fingerprint density at radius 2 is 0.744 bits per heavy atom. The molecule has 0 saturated carbocycles. The molecule has 0 atom stereocenters. The molecule has 1 fully saturated rings. The van der Waals surface area contributed by atoms with Gasteiger partial charge in [0.15, 0.2) is 28.8 Å². The van der Waals surface area contributed by atoms with Crippen molar-refractivity contribution in [2.45, 2.75) is 61.8 Å². The zero-order valence-corrected chi connectivity index (χ0v) is 63.9. The summed E-state index contributed by atoms with van der Waals surface area (Å²) in [5, 5.41) is 14.0. The Morgan fingerprint density at radius 1 is 0.430 bits per heavy atom. The van der Waals surface area contributed by atoms with Gasteiger partial charge >= 0.3 is 29.8 Å². The maximum atomic E-state index is 13.5. The average molecular weight is 1530 g/mol. The second-order valence-corrected chi connectivity index (χ2v) is 18.4. The molecule has 5 amide bonds. The summed E-state index contributed by atoms with van der Waals surface area (Å²) in [4.78, 5) is 146. The number of para-hydroxylation sites is 2. The van der Waals surface area contributed by atoms with Crippen LogP contribution in [0, 0.1) is 13.8 Å². The summed E-state index contributed by atoms with van der Waals surface area (Å²) in [7, 11) is 0. The summed E-state index contributed by atoms with van der Waals surface area (Å²) < 4.78 is 25.9. The molecule has 86 heavy (non-hydrogen) atoms. The summed E-state index contributed by atoms with van der Waals surface area (Å²) in [6.45, 7) is 15.5. The van der Waals surface area contributed by atoms with E-state index in [1.54, 1.807) is 25.1 Å². The SMILES string of the molecule is C.[CH2-]CN1CCN(CC(=O)NCCCC(=O)c2cccc(OC(C)=O)c2OC(C)=O)CCN(CC(=O)NCCNC(=O)c2cccc(OC(C)=O)c2OC(C)=O)CCN(CC(=O)NCCNC(=O)c2cccc(OC(C)=O)c2C)CC1.[K].[Y].[Y].[Y].[Y]. The number of esters is 5. The van der Waals surface area contributed by atoms with Gasteiger partial charge in [-0.15, -0.1) is 6.54 Å². The predicted octanol–water partition coefficient (Wildman–Crippen LogP) is 1.09. The topological polar surface area (TPSA) is 307 Å². The number of hydrogen-bond donors (Lipinski definition) is 5. The quantitative estimate of drug-likeness (QED) is 0.0198. The van der Waals surface area contributed by atoms with Crippen LogP contribution in [0.1, 0.15) is 91.5 Å². The van der Waals surface area contributed by atoms with Crippen molar-refractivity contribution in [3.05, 3.63) is 83.8 Å². The van der Waals surface area contributed by atoms with Crippen LogP contribution in [-0.2, 0) is 169 Å². The predicted molar refractivity (Wildman–Crippen MR) is 301 cm³/mol. The van der Waals surface area contributed by atoms with Gasteiger partial charge in [0.05, 0.1) is 30.8 Å². The summed E-state index contributed by atoms with van der Waals surface area (Å²) in [6.07, 6.45) is 0.210. The molecular weight excluding hydrogens is 1450 g/mol. The molecule has 1 aliphatic heterocycles. The van der Waals surface area contributed by atoms with Gasteiger partial charge in [0, 0.05) is 319 Å². The third kappa shape index (κ3) is 33.3. The first kappa shape index (κ1) is 88.1. The number of ether oxygens (including phenoxy) is 5. The maximum Gasteiger partial charge on any atom is 0.308 e. The van der Waals surface area contributed by atoms with Crippen molar-refractivity contribution < 1.29 is 207 Å². The largest absolute Gasteiger partial charge is 0.426 e. The first-order valence-electron chi connectivity index (χ1n) is 26.0. The smallest absolute Gasteiger partial charge is 0.308 e. The Kier molecular flexibility index (Phi) is 49.0. The van der Waals surface area contributed by atoms with Gasteiger partial charge < -0.3 is 62.1 Å². The van der Waals surface area contributed by atoms with E-state index in [1.165, 1.54) is 50.2 Å². The first-order valence-corrected chi connectivity index (χ1v) is 26.0. The van der Waals surface area contributed by atoms with E-state index in [1.807, 2.05) is 14.7 Å². The molecule has 25 nitrogen and oxygen atoms in total.